The van der Waals surface area contributed by atoms with Gasteiger partial charge in [-0.05, 0) is 73.2 Å². The van der Waals surface area contributed by atoms with Crippen molar-refractivity contribution in [2.45, 2.75) is 50.4 Å². The minimum Gasteiger partial charge on any atom is -0.478 e. The van der Waals surface area contributed by atoms with E-state index in [1.165, 1.54) is 23.3 Å². The van der Waals surface area contributed by atoms with Crippen LogP contribution in [0.5, 0.6) is 11.5 Å². The lowest BCUT2D eigenvalue weighted by molar-refractivity contribution is 0.0493. The summed E-state index contributed by atoms with van der Waals surface area (Å²) in [6, 6.07) is 25.7. The average Bonchev–Trinajstić information content (AvgIpc) is 3.36. The van der Waals surface area contributed by atoms with Crippen molar-refractivity contribution in [2.24, 2.45) is 0 Å². The molecule has 6 rings (SSSR count). The molecule has 41 heavy (non-hydrogen) atoms. The molecule has 3 saturated heterocycles. The van der Waals surface area contributed by atoms with E-state index in [0.29, 0.717) is 11.5 Å². The lowest BCUT2D eigenvalue weighted by atomic mass is 9.98. The number of carbonyl (C=O) groups is 2. The van der Waals surface area contributed by atoms with E-state index in [0.717, 1.165) is 65.1 Å². The molecule has 3 aromatic rings. The van der Waals surface area contributed by atoms with Crippen molar-refractivity contribution in [2.75, 3.05) is 32.8 Å². The summed E-state index contributed by atoms with van der Waals surface area (Å²) in [5.74, 6) is 0.361. The van der Waals surface area contributed by atoms with Crippen LogP contribution in [0.4, 0.5) is 4.79 Å². The third-order valence-corrected chi connectivity index (χ3v) is 8.60. The first kappa shape index (κ1) is 27.3. The van der Waals surface area contributed by atoms with Crippen LogP contribution in [0.3, 0.4) is 0 Å². The SMILES string of the molecule is O=C(O)c1ccc(Oc2ccc(CN3CCC(N4C(=O)N(C5CCOCC5)CC4c4ccccc4)CC3)cc2)cc1. The number of carboxylic acid groups (broad SMARTS) is 1. The van der Waals surface area contributed by atoms with Crippen molar-refractivity contribution in [3.63, 3.8) is 0 Å². The molecule has 0 spiro atoms. The number of likely N-dealkylation sites (tertiary alicyclic amines) is 1. The van der Waals surface area contributed by atoms with E-state index >= 15 is 0 Å². The van der Waals surface area contributed by atoms with Gasteiger partial charge in [0.15, 0.2) is 0 Å². The number of nitrogens with zero attached hydrogens (tertiary/aromatic N) is 3. The lowest BCUT2D eigenvalue weighted by Crippen LogP contribution is -2.48. The van der Waals surface area contributed by atoms with Crippen molar-refractivity contribution in [1.29, 1.82) is 0 Å². The molecule has 0 radical (unpaired) electrons. The van der Waals surface area contributed by atoms with E-state index < -0.39 is 5.97 Å². The zero-order chi connectivity index (χ0) is 28.2. The first-order chi connectivity index (χ1) is 20.0. The molecule has 8 heteroatoms. The Labute approximate surface area is 241 Å². The Morgan fingerprint density at radius 2 is 1.46 bits per heavy atom. The van der Waals surface area contributed by atoms with Gasteiger partial charge in [-0.3, -0.25) is 4.90 Å². The number of piperidine rings is 1. The topological polar surface area (TPSA) is 82.6 Å². The Morgan fingerprint density at radius 3 is 2.10 bits per heavy atom. The Balaban J connectivity index is 1.06. The second-order valence-corrected chi connectivity index (χ2v) is 11.2. The standard InChI is InChI=1S/C33H37N3O5/c37-32(38)26-8-12-30(13-9-26)41-29-10-6-24(7-11-29)22-34-18-14-28(15-19-34)36-31(25-4-2-1-3-5-25)23-35(33(36)39)27-16-20-40-21-17-27/h1-13,27-28,31H,14-23H2,(H,37,38). The molecule has 3 fully saturated rings. The quantitative estimate of drug-likeness (QED) is 0.378. The van der Waals surface area contributed by atoms with Gasteiger partial charge in [0, 0.05) is 51.5 Å². The van der Waals surface area contributed by atoms with Gasteiger partial charge in [0.05, 0.1) is 11.6 Å². The maximum absolute atomic E-state index is 13.8. The number of benzene rings is 3. The summed E-state index contributed by atoms with van der Waals surface area (Å²) in [6.07, 6.45) is 3.76. The average molecular weight is 556 g/mol. The molecule has 0 aliphatic carbocycles. The Kier molecular flexibility index (Phi) is 8.21. The van der Waals surface area contributed by atoms with Crippen LogP contribution in [-0.4, -0.2) is 76.7 Å². The number of hydrogen-bond acceptors (Lipinski definition) is 5. The highest BCUT2D eigenvalue weighted by atomic mass is 16.5. The van der Waals surface area contributed by atoms with Crippen LogP contribution in [0, 0.1) is 0 Å². The largest absolute Gasteiger partial charge is 0.478 e. The van der Waals surface area contributed by atoms with E-state index in [-0.39, 0.29) is 29.7 Å². The molecule has 0 bridgehead atoms. The van der Waals surface area contributed by atoms with E-state index in [1.54, 1.807) is 12.1 Å². The molecule has 3 aliphatic heterocycles. The fraction of sp³-hybridized carbons (Fsp3) is 0.394. The molecule has 3 aromatic carbocycles. The highest BCUT2D eigenvalue weighted by Crippen LogP contribution is 2.37. The zero-order valence-corrected chi connectivity index (χ0v) is 23.2. The van der Waals surface area contributed by atoms with Crippen molar-refractivity contribution in [1.82, 2.24) is 14.7 Å². The van der Waals surface area contributed by atoms with Crippen LogP contribution in [0.2, 0.25) is 0 Å². The predicted molar refractivity (Wildman–Crippen MR) is 155 cm³/mol. The maximum Gasteiger partial charge on any atom is 0.335 e. The molecule has 3 heterocycles. The minimum atomic E-state index is -0.954. The normalized spacial score (nSPS) is 20.9. The molecule has 1 unspecified atom stereocenters. The third-order valence-electron chi connectivity index (χ3n) is 8.60. The van der Waals surface area contributed by atoms with Gasteiger partial charge in [-0.25, -0.2) is 9.59 Å². The van der Waals surface area contributed by atoms with Crippen molar-refractivity contribution >= 4 is 12.0 Å². The van der Waals surface area contributed by atoms with Crippen LogP contribution < -0.4 is 4.74 Å². The summed E-state index contributed by atoms with van der Waals surface area (Å²) in [4.78, 5) is 31.7. The molecule has 0 saturated carbocycles. The van der Waals surface area contributed by atoms with E-state index in [2.05, 4.69) is 51.1 Å². The maximum atomic E-state index is 13.8. The monoisotopic (exact) mass is 555 g/mol. The second kappa shape index (κ2) is 12.3. The van der Waals surface area contributed by atoms with Crippen LogP contribution in [0.1, 0.15) is 53.2 Å². The molecule has 1 atom stereocenters. The van der Waals surface area contributed by atoms with E-state index in [1.807, 2.05) is 18.2 Å². The van der Waals surface area contributed by atoms with Gasteiger partial charge in [-0.15, -0.1) is 0 Å². The Bertz CT molecular complexity index is 1320. The summed E-state index contributed by atoms with van der Waals surface area (Å²) in [5, 5.41) is 9.06. The Morgan fingerprint density at radius 1 is 0.829 bits per heavy atom. The van der Waals surface area contributed by atoms with Crippen molar-refractivity contribution in [3.8, 4) is 11.5 Å². The first-order valence-electron chi connectivity index (χ1n) is 14.6. The zero-order valence-electron chi connectivity index (χ0n) is 23.2. The lowest BCUT2D eigenvalue weighted by Gasteiger charge is -2.39. The van der Waals surface area contributed by atoms with Crippen molar-refractivity contribution < 1.29 is 24.2 Å². The molecule has 8 nitrogen and oxygen atoms in total. The van der Waals surface area contributed by atoms with E-state index in [9.17, 15) is 9.59 Å². The number of amides is 2. The van der Waals surface area contributed by atoms with Crippen molar-refractivity contribution in [3.05, 3.63) is 95.6 Å². The third kappa shape index (κ3) is 6.24. The fourth-order valence-electron chi connectivity index (χ4n) is 6.37. The molecule has 214 valence electrons. The van der Waals surface area contributed by atoms with Gasteiger partial charge in [0.2, 0.25) is 0 Å². The highest BCUT2D eigenvalue weighted by Gasteiger charge is 2.45. The smallest absolute Gasteiger partial charge is 0.335 e. The fourth-order valence-corrected chi connectivity index (χ4v) is 6.37. The summed E-state index contributed by atoms with van der Waals surface area (Å²) in [5.41, 5.74) is 2.66. The number of carbonyl (C=O) groups excluding carboxylic acids is 1. The Hall–Kier alpha value is -3.88. The van der Waals surface area contributed by atoms with Crippen LogP contribution in [0.25, 0.3) is 0 Å². The number of urea groups is 1. The van der Waals surface area contributed by atoms with Crippen LogP contribution in [0.15, 0.2) is 78.9 Å². The predicted octanol–water partition coefficient (Wildman–Crippen LogP) is 5.80. The summed E-state index contributed by atoms with van der Waals surface area (Å²) in [6.45, 7) is 4.96. The molecule has 2 amide bonds. The number of ether oxygens (including phenoxy) is 2. The number of rotatable bonds is 8. The second-order valence-electron chi connectivity index (χ2n) is 11.2. The van der Waals surface area contributed by atoms with Gasteiger partial charge in [-0.1, -0.05) is 42.5 Å². The number of hydrogen-bond donors (Lipinski definition) is 1. The van der Waals surface area contributed by atoms with Crippen LogP contribution in [-0.2, 0) is 11.3 Å². The van der Waals surface area contributed by atoms with Gasteiger partial charge in [0.1, 0.15) is 11.5 Å². The molecule has 1 N–H and O–H groups in total. The molecule has 3 aliphatic rings. The number of carboxylic acids is 1. The summed E-state index contributed by atoms with van der Waals surface area (Å²) < 4.78 is 11.5. The van der Waals surface area contributed by atoms with Gasteiger partial charge in [0.25, 0.3) is 0 Å². The summed E-state index contributed by atoms with van der Waals surface area (Å²) >= 11 is 0. The van der Waals surface area contributed by atoms with E-state index in [4.69, 9.17) is 14.6 Å². The van der Waals surface area contributed by atoms with Crippen LogP contribution >= 0.6 is 0 Å². The number of aromatic carboxylic acids is 1. The van der Waals surface area contributed by atoms with Gasteiger partial charge in [-0.2, -0.15) is 0 Å². The molecular weight excluding hydrogens is 518 g/mol. The van der Waals surface area contributed by atoms with Gasteiger partial charge < -0.3 is 24.4 Å². The first-order valence-corrected chi connectivity index (χ1v) is 14.6. The molecular formula is C33H37N3O5. The highest BCUT2D eigenvalue weighted by molar-refractivity contribution is 5.87. The van der Waals surface area contributed by atoms with Gasteiger partial charge >= 0.3 is 12.0 Å². The molecule has 0 aromatic heterocycles. The minimum absolute atomic E-state index is 0.0935. The summed E-state index contributed by atoms with van der Waals surface area (Å²) in [7, 11) is 0.